The van der Waals surface area contributed by atoms with Gasteiger partial charge in [0, 0.05) is 18.6 Å². The van der Waals surface area contributed by atoms with Crippen molar-refractivity contribution in [2.75, 3.05) is 6.61 Å². The zero-order valence-corrected chi connectivity index (χ0v) is 16.0. The van der Waals surface area contributed by atoms with Crippen LogP contribution >= 0.6 is 31.9 Å². The Morgan fingerprint density at radius 1 is 1.14 bits per heavy atom. The van der Waals surface area contributed by atoms with E-state index in [0.29, 0.717) is 11.8 Å². The molecule has 0 unspecified atom stereocenters. The summed E-state index contributed by atoms with van der Waals surface area (Å²) in [7, 11) is 0. The van der Waals surface area contributed by atoms with E-state index < -0.39 is 0 Å². The molecule has 1 aromatic carbocycles. The lowest BCUT2D eigenvalue weighted by Gasteiger charge is -2.14. The highest BCUT2D eigenvalue weighted by atomic mass is 79.9. The molecule has 1 rings (SSSR count). The fourth-order valence-electron chi connectivity index (χ4n) is 1.68. The fourth-order valence-corrected chi connectivity index (χ4v) is 3.19. The minimum atomic E-state index is -0.130. The summed E-state index contributed by atoms with van der Waals surface area (Å²) in [4.78, 5) is 11.6. The lowest BCUT2D eigenvalue weighted by molar-refractivity contribution is -0.123. The molecule has 0 bridgehead atoms. The Hall–Kier alpha value is -0.590. The van der Waals surface area contributed by atoms with E-state index in [-0.39, 0.29) is 18.6 Å². The van der Waals surface area contributed by atoms with Crippen LogP contribution in [0.4, 0.5) is 0 Å². The molecule has 0 aliphatic carbocycles. The molecule has 2 N–H and O–H groups in total. The molecule has 0 saturated carbocycles. The van der Waals surface area contributed by atoms with Gasteiger partial charge in [-0.15, -0.1) is 0 Å². The van der Waals surface area contributed by atoms with Crippen LogP contribution in [-0.4, -0.2) is 24.6 Å². The first-order valence-electron chi connectivity index (χ1n) is 6.93. The summed E-state index contributed by atoms with van der Waals surface area (Å²) >= 11 is 6.98. The predicted molar refractivity (Wildman–Crippen MR) is 92.6 cm³/mol. The molecule has 21 heavy (non-hydrogen) atoms. The number of benzene rings is 1. The zero-order valence-electron chi connectivity index (χ0n) is 12.8. The van der Waals surface area contributed by atoms with Gasteiger partial charge in [0.1, 0.15) is 5.75 Å². The van der Waals surface area contributed by atoms with Crippen LogP contribution in [0.3, 0.4) is 0 Å². The van der Waals surface area contributed by atoms with E-state index >= 15 is 0 Å². The van der Waals surface area contributed by atoms with Crippen molar-refractivity contribution in [1.82, 2.24) is 10.6 Å². The quantitative estimate of drug-likeness (QED) is 0.706. The van der Waals surface area contributed by atoms with Crippen molar-refractivity contribution in [2.45, 2.75) is 46.3 Å². The summed E-state index contributed by atoms with van der Waals surface area (Å²) in [6, 6.07) is 4.53. The second-order valence-electron chi connectivity index (χ2n) is 5.44. The van der Waals surface area contributed by atoms with E-state index in [1.54, 1.807) is 0 Å². The number of carbonyl (C=O) groups is 1. The third-order valence-corrected chi connectivity index (χ3v) is 3.75. The molecule has 4 nitrogen and oxygen atoms in total. The summed E-state index contributed by atoms with van der Waals surface area (Å²) in [5.41, 5.74) is 1.14. The Balaban J connectivity index is 2.69. The zero-order chi connectivity index (χ0) is 16.0. The maximum Gasteiger partial charge on any atom is 0.258 e. The lowest BCUT2D eigenvalue weighted by atomic mass is 10.2. The van der Waals surface area contributed by atoms with Crippen LogP contribution in [-0.2, 0) is 11.3 Å². The van der Waals surface area contributed by atoms with Gasteiger partial charge in [-0.2, -0.15) is 0 Å². The van der Waals surface area contributed by atoms with E-state index in [1.165, 1.54) is 0 Å². The van der Waals surface area contributed by atoms with E-state index in [0.717, 1.165) is 21.1 Å². The van der Waals surface area contributed by atoms with Crippen molar-refractivity contribution >= 4 is 37.8 Å². The fraction of sp³-hybridized carbons (Fsp3) is 0.533. The van der Waals surface area contributed by atoms with Crippen molar-refractivity contribution in [1.29, 1.82) is 0 Å². The van der Waals surface area contributed by atoms with Crippen LogP contribution < -0.4 is 15.4 Å². The molecule has 0 atom stereocenters. The lowest BCUT2D eigenvalue weighted by Crippen LogP contribution is -2.34. The third-order valence-electron chi connectivity index (χ3n) is 2.57. The molecule has 0 fully saturated rings. The number of halogens is 2. The number of carbonyl (C=O) groups excluding carboxylic acids is 1. The molecule has 0 saturated heterocycles. The predicted octanol–water partition coefficient (Wildman–Crippen LogP) is 3.61. The molecular weight excluding hydrogens is 400 g/mol. The van der Waals surface area contributed by atoms with Gasteiger partial charge in [-0.1, -0.05) is 13.8 Å². The normalized spacial score (nSPS) is 11.0. The van der Waals surface area contributed by atoms with E-state index in [1.807, 2.05) is 26.0 Å². The van der Waals surface area contributed by atoms with Crippen LogP contribution in [0.25, 0.3) is 0 Å². The number of ether oxygens (including phenoxy) is 1. The van der Waals surface area contributed by atoms with Gasteiger partial charge < -0.3 is 15.4 Å². The van der Waals surface area contributed by atoms with Gasteiger partial charge >= 0.3 is 0 Å². The largest absolute Gasteiger partial charge is 0.481 e. The summed E-state index contributed by atoms with van der Waals surface area (Å²) in [6.45, 7) is 8.83. The van der Waals surface area contributed by atoms with Crippen molar-refractivity contribution in [3.05, 3.63) is 26.6 Å². The van der Waals surface area contributed by atoms with Crippen molar-refractivity contribution < 1.29 is 9.53 Å². The summed E-state index contributed by atoms with van der Waals surface area (Å²) in [5, 5.41) is 6.15. The highest BCUT2D eigenvalue weighted by Crippen LogP contribution is 2.34. The molecule has 0 aliphatic heterocycles. The standard InChI is InChI=1S/C15H22Br2N2O2/c1-9(2)18-7-11-5-12(16)15(13(17)6-11)21-8-14(20)19-10(3)4/h5-6,9-10,18H,7-8H2,1-4H3,(H,19,20). The topological polar surface area (TPSA) is 50.4 Å². The number of hydrogen-bond acceptors (Lipinski definition) is 3. The third kappa shape index (κ3) is 6.80. The van der Waals surface area contributed by atoms with Crippen molar-refractivity contribution in [3.8, 4) is 5.75 Å². The monoisotopic (exact) mass is 420 g/mol. The smallest absolute Gasteiger partial charge is 0.258 e. The van der Waals surface area contributed by atoms with Gasteiger partial charge in [0.05, 0.1) is 8.95 Å². The maximum atomic E-state index is 11.6. The molecular formula is C15H22Br2N2O2. The molecule has 0 radical (unpaired) electrons. The minimum absolute atomic E-state index is 0.00102. The van der Waals surface area contributed by atoms with Gasteiger partial charge in [-0.25, -0.2) is 0 Å². The van der Waals surface area contributed by atoms with E-state index in [2.05, 4.69) is 56.3 Å². The Morgan fingerprint density at radius 3 is 2.19 bits per heavy atom. The Labute approximate surface area is 143 Å². The van der Waals surface area contributed by atoms with Crippen LogP contribution in [0.5, 0.6) is 5.75 Å². The first-order valence-corrected chi connectivity index (χ1v) is 8.51. The maximum absolute atomic E-state index is 11.6. The van der Waals surface area contributed by atoms with Crippen LogP contribution in [0, 0.1) is 0 Å². The number of amides is 1. The van der Waals surface area contributed by atoms with Crippen molar-refractivity contribution in [3.63, 3.8) is 0 Å². The molecule has 0 heterocycles. The molecule has 118 valence electrons. The average Bonchev–Trinajstić information content (AvgIpc) is 2.34. The second kappa shape index (κ2) is 8.76. The first kappa shape index (κ1) is 18.5. The van der Waals surface area contributed by atoms with Crippen LogP contribution in [0.1, 0.15) is 33.3 Å². The summed E-state index contributed by atoms with van der Waals surface area (Å²) in [6.07, 6.45) is 0. The van der Waals surface area contributed by atoms with E-state index in [9.17, 15) is 4.79 Å². The van der Waals surface area contributed by atoms with Crippen LogP contribution in [0.2, 0.25) is 0 Å². The van der Waals surface area contributed by atoms with Gasteiger partial charge in [0.2, 0.25) is 0 Å². The SMILES string of the molecule is CC(C)NCc1cc(Br)c(OCC(=O)NC(C)C)c(Br)c1. The Kier molecular flexibility index (Phi) is 7.70. The van der Waals surface area contributed by atoms with Gasteiger partial charge in [0.25, 0.3) is 5.91 Å². The average molecular weight is 422 g/mol. The number of nitrogens with one attached hydrogen (secondary N) is 2. The molecule has 0 aliphatic rings. The summed E-state index contributed by atoms with van der Waals surface area (Å²) in [5.74, 6) is 0.511. The van der Waals surface area contributed by atoms with E-state index in [4.69, 9.17) is 4.74 Å². The highest BCUT2D eigenvalue weighted by molar-refractivity contribution is 9.11. The van der Waals surface area contributed by atoms with Crippen molar-refractivity contribution in [2.24, 2.45) is 0 Å². The molecule has 0 aromatic heterocycles. The number of rotatable bonds is 7. The summed E-state index contributed by atoms with van der Waals surface area (Å²) < 4.78 is 7.24. The molecule has 6 heteroatoms. The van der Waals surface area contributed by atoms with Gasteiger partial charge in [0.15, 0.2) is 6.61 Å². The first-order chi connectivity index (χ1) is 9.79. The van der Waals surface area contributed by atoms with Gasteiger partial charge in [-0.05, 0) is 63.4 Å². The van der Waals surface area contributed by atoms with Crippen LogP contribution in [0.15, 0.2) is 21.1 Å². The molecule has 1 aromatic rings. The number of hydrogen-bond donors (Lipinski definition) is 2. The minimum Gasteiger partial charge on any atom is -0.481 e. The Morgan fingerprint density at radius 2 is 1.71 bits per heavy atom. The Bertz CT molecular complexity index is 468. The second-order valence-corrected chi connectivity index (χ2v) is 7.14. The molecule has 0 spiro atoms. The molecule has 1 amide bonds. The van der Waals surface area contributed by atoms with Gasteiger partial charge in [-0.3, -0.25) is 4.79 Å². The highest BCUT2D eigenvalue weighted by Gasteiger charge is 2.12.